The molecule has 1 unspecified atom stereocenters. The molecule has 1 saturated carbocycles. The van der Waals surface area contributed by atoms with Crippen LogP contribution in [0.2, 0.25) is 0 Å². The lowest BCUT2D eigenvalue weighted by Gasteiger charge is -2.39. The Morgan fingerprint density at radius 1 is 1.47 bits per heavy atom. The van der Waals surface area contributed by atoms with Gasteiger partial charge in [-0.25, -0.2) is 9.78 Å². The van der Waals surface area contributed by atoms with Crippen molar-refractivity contribution in [2.75, 3.05) is 12.4 Å². The summed E-state index contributed by atoms with van der Waals surface area (Å²) in [6, 6.07) is 3.85. The number of nitrogens with zero attached hydrogens (tertiary/aromatic N) is 1. The first-order valence-electron chi connectivity index (χ1n) is 6.84. The van der Waals surface area contributed by atoms with E-state index in [4.69, 9.17) is 4.74 Å². The van der Waals surface area contributed by atoms with E-state index in [9.17, 15) is 4.79 Å². The van der Waals surface area contributed by atoms with Crippen LogP contribution in [0.25, 0.3) is 0 Å². The molecule has 0 spiro atoms. The largest absolute Gasteiger partial charge is 0.465 e. The summed E-state index contributed by atoms with van der Waals surface area (Å²) in [6.45, 7) is 4.54. The Kier molecular flexibility index (Phi) is 4.08. The zero-order valence-electron chi connectivity index (χ0n) is 11.9. The number of esters is 1. The summed E-state index contributed by atoms with van der Waals surface area (Å²) in [5.41, 5.74) is 0.731. The monoisotopic (exact) mass is 262 g/mol. The number of pyridine rings is 1. The molecule has 0 radical (unpaired) electrons. The normalized spacial score (nSPS) is 21.7. The van der Waals surface area contributed by atoms with Crippen LogP contribution in [0.15, 0.2) is 18.3 Å². The highest BCUT2D eigenvalue weighted by Crippen LogP contribution is 2.37. The SMILES string of the molecule is COC(=O)c1cccnc1NC1CCCCC1(C)C. The van der Waals surface area contributed by atoms with Gasteiger partial charge < -0.3 is 10.1 Å². The van der Waals surface area contributed by atoms with Gasteiger partial charge >= 0.3 is 5.97 Å². The summed E-state index contributed by atoms with van der Waals surface area (Å²) in [5, 5.41) is 3.44. The molecule has 4 heteroatoms. The van der Waals surface area contributed by atoms with Gasteiger partial charge in [-0.1, -0.05) is 26.7 Å². The van der Waals surface area contributed by atoms with Crippen LogP contribution in [0.1, 0.15) is 49.9 Å². The lowest BCUT2D eigenvalue weighted by Crippen LogP contribution is -2.39. The molecule has 0 saturated heterocycles. The third-order valence-corrected chi connectivity index (χ3v) is 4.03. The van der Waals surface area contributed by atoms with Gasteiger partial charge in [0.1, 0.15) is 11.4 Å². The molecule has 1 aliphatic carbocycles. The molecule has 0 amide bonds. The number of nitrogens with one attached hydrogen (secondary N) is 1. The maximum absolute atomic E-state index is 11.7. The molecule has 4 nitrogen and oxygen atoms in total. The first-order valence-corrected chi connectivity index (χ1v) is 6.84. The van der Waals surface area contributed by atoms with E-state index in [1.165, 1.54) is 26.4 Å². The zero-order valence-corrected chi connectivity index (χ0v) is 11.9. The van der Waals surface area contributed by atoms with Crippen LogP contribution >= 0.6 is 0 Å². The van der Waals surface area contributed by atoms with Gasteiger partial charge in [0, 0.05) is 12.2 Å². The molecule has 0 aliphatic heterocycles. The highest BCUT2D eigenvalue weighted by Gasteiger charge is 2.33. The second kappa shape index (κ2) is 5.59. The van der Waals surface area contributed by atoms with Gasteiger partial charge in [0.25, 0.3) is 0 Å². The number of hydrogen-bond donors (Lipinski definition) is 1. The number of anilines is 1. The van der Waals surface area contributed by atoms with E-state index in [0.29, 0.717) is 17.4 Å². The molecule has 19 heavy (non-hydrogen) atoms. The van der Waals surface area contributed by atoms with Crippen molar-refractivity contribution in [3.8, 4) is 0 Å². The van der Waals surface area contributed by atoms with Crippen molar-refractivity contribution < 1.29 is 9.53 Å². The van der Waals surface area contributed by atoms with Crippen molar-refractivity contribution in [2.24, 2.45) is 5.41 Å². The fourth-order valence-corrected chi connectivity index (χ4v) is 2.72. The van der Waals surface area contributed by atoms with E-state index in [-0.39, 0.29) is 11.4 Å². The van der Waals surface area contributed by atoms with Gasteiger partial charge in [0.05, 0.1) is 7.11 Å². The van der Waals surface area contributed by atoms with E-state index in [0.717, 1.165) is 6.42 Å². The van der Waals surface area contributed by atoms with Gasteiger partial charge in [-0.2, -0.15) is 0 Å². The quantitative estimate of drug-likeness (QED) is 0.850. The Balaban J connectivity index is 2.21. The fourth-order valence-electron chi connectivity index (χ4n) is 2.72. The van der Waals surface area contributed by atoms with Gasteiger partial charge in [-0.3, -0.25) is 0 Å². The van der Waals surface area contributed by atoms with E-state index in [1.54, 1.807) is 18.3 Å². The molecule has 0 bridgehead atoms. The molecular formula is C15H22N2O2. The van der Waals surface area contributed by atoms with Crippen LogP contribution in [0.3, 0.4) is 0 Å². The number of rotatable bonds is 3. The van der Waals surface area contributed by atoms with E-state index < -0.39 is 0 Å². The molecule has 1 fully saturated rings. The third-order valence-electron chi connectivity index (χ3n) is 4.03. The first-order chi connectivity index (χ1) is 9.04. The molecular weight excluding hydrogens is 240 g/mol. The average Bonchev–Trinajstić information content (AvgIpc) is 2.41. The molecule has 1 heterocycles. The summed E-state index contributed by atoms with van der Waals surface area (Å²) in [4.78, 5) is 16.0. The first kappa shape index (κ1) is 13.8. The summed E-state index contributed by atoms with van der Waals surface area (Å²) in [7, 11) is 1.39. The minimum Gasteiger partial charge on any atom is -0.465 e. The Bertz CT molecular complexity index is 457. The van der Waals surface area contributed by atoms with Gasteiger partial charge in [0.15, 0.2) is 0 Å². The predicted octanol–water partition coefficient (Wildman–Crippen LogP) is 3.25. The number of methoxy groups -OCH3 is 1. The Morgan fingerprint density at radius 3 is 2.95 bits per heavy atom. The molecule has 0 aromatic carbocycles. The topological polar surface area (TPSA) is 51.2 Å². The molecule has 1 aliphatic rings. The van der Waals surface area contributed by atoms with E-state index in [1.807, 2.05) is 0 Å². The minimum atomic E-state index is -0.343. The maximum Gasteiger partial charge on any atom is 0.341 e. The van der Waals surface area contributed by atoms with Crippen LogP contribution in [0, 0.1) is 5.41 Å². The van der Waals surface area contributed by atoms with Crippen molar-refractivity contribution in [3.05, 3.63) is 23.9 Å². The molecule has 1 aromatic rings. The molecule has 2 rings (SSSR count). The Morgan fingerprint density at radius 2 is 2.26 bits per heavy atom. The summed E-state index contributed by atoms with van der Waals surface area (Å²) >= 11 is 0. The zero-order chi connectivity index (χ0) is 13.9. The highest BCUT2D eigenvalue weighted by atomic mass is 16.5. The molecule has 1 N–H and O–H groups in total. The van der Waals surface area contributed by atoms with Crippen LogP contribution in [-0.4, -0.2) is 24.1 Å². The smallest absolute Gasteiger partial charge is 0.341 e. The van der Waals surface area contributed by atoms with Crippen LogP contribution in [0.4, 0.5) is 5.82 Å². The van der Waals surface area contributed by atoms with Crippen molar-refractivity contribution in [3.63, 3.8) is 0 Å². The van der Waals surface area contributed by atoms with Gasteiger partial charge in [-0.15, -0.1) is 0 Å². The third kappa shape index (κ3) is 3.06. The van der Waals surface area contributed by atoms with Crippen molar-refractivity contribution in [1.29, 1.82) is 0 Å². The summed E-state index contributed by atoms with van der Waals surface area (Å²) in [5.74, 6) is 0.290. The molecule has 1 aromatic heterocycles. The number of ether oxygens (including phenoxy) is 1. The number of aromatic nitrogens is 1. The maximum atomic E-state index is 11.7. The fraction of sp³-hybridized carbons (Fsp3) is 0.600. The Labute approximate surface area is 114 Å². The molecule has 1 atom stereocenters. The van der Waals surface area contributed by atoms with Crippen molar-refractivity contribution >= 4 is 11.8 Å². The summed E-state index contributed by atoms with van der Waals surface area (Å²) in [6.07, 6.45) is 6.51. The second-order valence-electron chi connectivity index (χ2n) is 5.82. The predicted molar refractivity (Wildman–Crippen MR) is 75.2 cm³/mol. The van der Waals surface area contributed by atoms with Gasteiger partial charge in [0.2, 0.25) is 0 Å². The van der Waals surface area contributed by atoms with Gasteiger partial charge in [-0.05, 0) is 30.4 Å². The van der Waals surface area contributed by atoms with Crippen LogP contribution < -0.4 is 5.32 Å². The number of hydrogen-bond acceptors (Lipinski definition) is 4. The standard InChI is InChI=1S/C15H22N2O2/c1-15(2)9-5-4-8-12(15)17-13-11(14(18)19-3)7-6-10-16-13/h6-7,10,12H,4-5,8-9H2,1-3H3,(H,16,17). The minimum absolute atomic E-state index is 0.225. The second-order valence-corrected chi connectivity index (χ2v) is 5.82. The van der Waals surface area contributed by atoms with E-state index in [2.05, 4.69) is 24.1 Å². The van der Waals surface area contributed by atoms with Crippen molar-refractivity contribution in [1.82, 2.24) is 4.98 Å². The molecule has 104 valence electrons. The average molecular weight is 262 g/mol. The summed E-state index contributed by atoms with van der Waals surface area (Å²) < 4.78 is 4.80. The number of carbonyl (C=O) groups is 1. The van der Waals surface area contributed by atoms with E-state index >= 15 is 0 Å². The lowest BCUT2D eigenvalue weighted by atomic mass is 9.73. The highest BCUT2D eigenvalue weighted by molar-refractivity contribution is 5.94. The van der Waals surface area contributed by atoms with Crippen molar-refractivity contribution in [2.45, 2.75) is 45.6 Å². The van der Waals surface area contributed by atoms with Crippen LogP contribution in [0.5, 0.6) is 0 Å². The van der Waals surface area contributed by atoms with Crippen LogP contribution in [-0.2, 0) is 4.74 Å². The number of carbonyl (C=O) groups excluding carboxylic acids is 1. The Hall–Kier alpha value is -1.58. The lowest BCUT2D eigenvalue weighted by molar-refractivity contribution is 0.0601.